The highest BCUT2D eigenvalue weighted by Crippen LogP contribution is 2.44. The van der Waals surface area contributed by atoms with E-state index in [1.165, 1.54) is 0 Å². The molecular formula is C14H27NO3. The second kappa shape index (κ2) is 5.68. The van der Waals surface area contributed by atoms with Crippen molar-refractivity contribution in [1.82, 2.24) is 4.90 Å². The number of Topliss-reactive ketones (excluding diaryl/α,β-unsaturated/α-hetero) is 1. The van der Waals surface area contributed by atoms with E-state index in [2.05, 4.69) is 0 Å². The highest BCUT2D eigenvalue weighted by Gasteiger charge is 2.51. The fourth-order valence-electron chi connectivity index (χ4n) is 2.05. The number of carbonyl (C=O) groups is 1. The molecule has 1 atom stereocenters. The molecule has 1 N–H and O–H groups in total. The summed E-state index contributed by atoms with van der Waals surface area (Å²) < 4.78 is 5.56. The molecule has 0 aromatic rings. The molecule has 1 aliphatic rings. The second-order valence-corrected chi connectivity index (χ2v) is 6.16. The van der Waals surface area contributed by atoms with Crippen molar-refractivity contribution in [3.63, 3.8) is 0 Å². The standard InChI is InChI=1S/C14H27NO3/c1-6-13(2,3)18-10-11(16)9-12(17)14(7-8-14)15(4)5/h12,17H,6-10H2,1-5H3. The van der Waals surface area contributed by atoms with Gasteiger partial charge in [0.15, 0.2) is 5.78 Å². The number of aliphatic hydroxyl groups is 1. The van der Waals surface area contributed by atoms with Crippen molar-refractivity contribution >= 4 is 5.78 Å². The molecule has 18 heavy (non-hydrogen) atoms. The number of nitrogens with zero attached hydrogens (tertiary/aromatic N) is 1. The predicted octanol–water partition coefficient (Wildman–Crippen LogP) is 1.61. The topological polar surface area (TPSA) is 49.8 Å². The monoisotopic (exact) mass is 257 g/mol. The summed E-state index contributed by atoms with van der Waals surface area (Å²) in [6.45, 7) is 6.07. The van der Waals surface area contributed by atoms with Gasteiger partial charge >= 0.3 is 0 Å². The minimum absolute atomic E-state index is 0.0165. The third-order valence-electron chi connectivity index (χ3n) is 4.17. The van der Waals surface area contributed by atoms with Gasteiger partial charge in [-0.05, 0) is 47.2 Å². The Balaban J connectivity index is 2.37. The predicted molar refractivity (Wildman–Crippen MR) is 71.6 cm³/mol. The average Bonchev–Trinajstić information content (AvgIpc) is 3.07. The van der Waals surface area contributed by atoms with Gasteiger partial charge in [-0.2, -0.15) is 0 Å². The maximum absolute atomic E-state index is 11.8. The lowest BCUT2D eigenvalue weighted by Crippen LogP contribution is -2.43. The fourth-order valence-corrected chi connectivity index (χ4v) is 2.05. The van der Waals surface area contributed by atoms with E-state index in [1.807, 2.05) is 39.8 Å². The molecule has 0 amide bonds. The number of ketones is 1. The van der Waals surface area contributed by atoms with Gasteiger partial charge in [0, 0.05) is 12.0 Å². The Morgan fingerprint density at radius 3 is 2.39 bits per heavy atom. The van der Waals surface area contributed by atoms with Crippen LogP contribution in [-0.2, 0) is 9.53 Å². The molecule has 0 spiro atoms. The van der Waals surface area contributed by atoms with Crippen LogP contribution in [0.4, 0.5) is 0 Å². The van der Waals surface area contributed by atoms with Crippen LogP contribution in [0.15, 0.2) is 0 Å². The summed E-state index contributed by atoms with van der Waals surface area (Å²) in [6, 6.07) is 0. The first kappa shape index (κ1) is 15.6. The molecule has 0 aromatic carbocycles. The van der Waals surface area contributed by atoms with Crippen LogP contribution in [0.5, 0.6) is 0 Å². The van der Waals surface area contributed by atoms with Crippen LogP contribution >= 0.6 is 0 Å². The first-order chi connectivity index (χ1) is 8.23. The van der Waals surface area contributed by atoms with Crippen molar-refractivity contribution < 1.29 is 14.6 Å². The minimum Gasteiger partial charge on any atom is -0.391 e. The Morgan fingerprint density at radius 2 is 2.00 bits per heavy atom. The lowest BCUT2D eigenvalue weighted by Gasteiger charge is -2.29. The largest absolute Gasteiger partial charge is 0.391 e. The van der Waals surface area contributed by atoms with Gasteiger partial charge in [-0.1, -0.05) is 6.92 Å². The van der Waals surface area contributed by atoms with Crippen LogP contribution in [-0.4, -0.2) is 53.7 Å². The second-order valence-electron chi connectivity index (χ2n) is 6.16. The molecule has 0 heterocycles. The van der Waals surface area contributed by atoms with Gasteiger partial charge in [0.2, 0.25) is 0 Å². The number of hydrogen-bond acceptors (Lipinski definition) is 4. The molecule has 0 radical (unpaired) electrons. The normalized spacial score (nSPS) is 19.9. The van der Waals surface area contributed by atoms with Crippen LogP contribution in [0.2, 0.25) is 0 Å². The van der Waals surface area contributed by atoms with Crippen LogP contribution in [0.3, 0.4) is 0 Å². The highest BCUT2D eigenvalue weighted by molar-refractivity contribution is 5.80. The average molecular weight is 257 g/mol. The van der Waals surface area contributed by atoms with E-state index in [-0.39, 0.29) is 30.0 Å². The van der Waals surface area contributed by atoms with Gasteiger partial charge in [0.25, 0.3) is 0 Å². The number of likely N-dealkylation sites (N-methyl/N-ethyl adjacent to an activating group) is 1. The van der Waals surface area contributed by atoms with E-state index < -0.39 is 6.10 Å². The maximum atomic E-state index is 11.8. The molecule has 4 nitrogen and oxygen atoms in total. The molecule has 1 saturated carbocycles. The van der Waals surface area contributed by atoms with Crippen molar-refractivity contribution in [2.24, 2.45) is 0 Å². The van der Waals surface area contributed by atoms with E-state index in [1.54, 1.807) is 0 Å². The molecule has 106 valence electrons. The first-order valence-corrected chi connectivity index (χ1v) is 6.74. The molecule has 1 unspecified atom stereocenters. The maximum Gasteiger partial charge on any atom is 0.161 e. The van der Waals surface area contributed by atoms with Gasteiger partial charge in [-0.15, -0.1) is 0 Å². The van der Waals surface area contributed by atoms with E-state index in [0.717, 1.165) is 19.3 Å². The third kappa shape index (κ3) is 3.77. The summed E-state index contributed by atoms with van der Waals surface area (Å²) in [4.78, 5) is 13.8. The summed E-state index contributed by atoms with van der Waals surface area (Å²) in [5.74, 6) is -0.0165. The molecule has 0 bridgehead atoms. The fraction of sp³-hybridized carbons (Fsp3) is 0.929. The number of hydrogen-bond donors (Lipinski definition) is 1. The molecular weight excluding hydrogens is 230 g/mol. The SMILES string of the molecule is CCC(C)(C)OCC(=O)CC(O)C1(N(C)C)CC1. The zero-order valence-electron chi connectivity index (χ0n) is 12.3. The Hall–Kier alpha value is -0.450. The number of aliphatic hydroxyl groups excluding tert-OH is 1. The van der Waals surface area contributed by atoms with Crippen molar-refractivity contribution in [2.75, 3.05) is 20.7 Å². The molecule has 0 aromatic heterocycles. The highest BCUT2D eigenvalue weighted by atomic mass is 16.5. The molecule has 1 rings (SSSR count). The Kier molecular flexibility index (Phi) is 4.92. The molecule has 4 heteroatoms. The quantitative estimate of drug-likeness (QED) is 0.717. The summed E-state index contributed by atoms with van der Waals surface area (Å²) in [7, 11) is 3.91. The van der Waals surface area contributed by atoms with Crippen LogP contribution in [0.25, 0.3) is 0 Å². The Morgan fingerprint density at radius 1 is 1.44 bits per heavy atom. The number of ether oxygens (including phenoxy) is 1. The first-order valence-electron chi connectivity index (χ1n) is 6.74. The Labute approximate surface area is 110 Å². The molecule has 0 saturated heterocycles. The van der Waals surface area contributed by atoms with Gasteiger partial charge in [-0.25, -0.2) is 0 Å². The lowest BCUT2D eigenvalue weighted by atomic mass is 10.0. The van der Waals surface area contributed by atoms with Gasteiger partial charge < -0.3 is 14.7 Å². The Bertz CT molecular complexity index is 295. The number of carbonyl (C=O) groups excluding carboxylic acids is 1. The minimum atomic E-state index is -0.576. The summed E-state index contributed by atoms with van der Waals surface area (Å²) in [6.07, 6.45) is 2.42. The third-order valence-corrected chi connectivity index (χ3v) is 4.17. The van der Waals surface area contributed by atoms with Crippen LogP contribution < -0.4 is 0 Å². The van der Waals surface area contributed by atoms with E-state index in [9.17, 15) is 9.90 Å². The van der Waals surface area contributed by atoms with E-state index in [4.69, 9.17) is 4.74 Å². The molecule has 0 aliphatic heterocycles. The smallest absolute Gasteiger partial charge is 0.161 e. The van der Waals surface area contributed by atoms with Crippen molar-refractivity contribution in [2.45, 2.75) is 63.7 Å². The summed E-state index contributed by atoms with van der Waals surface area (Å²) >= 11 is 0. The van der Waals surface area contributed by atoms with Gasteiger partial charge in [-0.3, -0.25) is 4.79 Å². The van der Waals surface area contributed by atoms with Crippen molar-refractivity contribution in [3.05, 3.63) is 0 Å². The zero-order chi connectivity index (χ0) is 14.0. The van der Waals surface area contributed by atoms with Crippen LogP contribution in [0, 0.1) is 0 Å². The van der Waals surface area contributed by atoms with E-state index >= 15 is 0 Å². The van der Waals surface area contributed by atoms with Crippen LogP contribution in [0.1, 0.15) is 46.5 Å². The number of rotatable bonds is 8. The summed E-state index contributed by atoms with van der Waals surface area (Å²) in [5, 5.41) is 10.1. The summed E-state index contributed by atoms with van der Waals surface area (Å²) in [5.41, 5.74) is -0.435. The van der Waals surface area contributed by atoms with Crippen molar-refractivity contribution in [3.8, 4) is 0 Å². The van der Waals surface area contributed by atoms with Crippen molar-refractivity contribution in [1.29, 1.82) is 0 Å². The molecule has 1 fully saturated rings. The zero-order valence-corrected chi connectivity index (χ0v) is 12.3. The van der Waals surface area contributed by atoms with E-state index in [0.29, 0.717) is 0 Å². The van der Waals surface area contributed by atoms with Gasteiger partial charge in [0.05, 0.1) is 11.7 Å². The lowest BCUT2D eigenvalue weighted by molar-refractivity contribution is -0.132. The molecule has 1 aliphatic carbocycles. The van der Waals surface area contributed by atoms with Gasteiger partial charge in [0.1, 0.15) is 6.61 Å².